The summed E-state index contributed by atoms with van der Waals surface area (Å²) in [7, 11) is 0. The molecule has 0 bridgehead atoms. The summed E-state index contributed by atoms with van der Waals surface area (Å²) in [6.45, 7) is 1.29. The fourth-order valence-corrected chi connectivity index (χ4v) is 1.05. The van der Waals surface area contributed by atoms with Crippen molar-refractivity contribution in [2.45, 2.75) is 25.8 Å². The molecule has 1 saturated heterocycles. The highest BCUT2D eigenvalue weighted by molar-refractivity contribution is 5.91. The number of rotatable bonds is 1. The van der Waals surface area contributed by atoms with Crippen LogP contribution in [0, 0.1) is 0 Å². The number of nitrogens with one attached hydrogen (secondary N) is 3. The van der Waals surface area contributed by atoms with Crippen molar-refractivity contribution in [3.05, 3.63) is 0 Å². The van der Waals surface area contributed by atoms with Gasteiger partial charge in [-0.15, -0.1) is 0 Å². The quantitative estimate of drug-likeness (QED) is 0.431. The van der Waals surface area contributed by atoms with E-state index >= 15 is 0 Å². The first kappa shape index (κ1) is 9.50. The lowest BCUT2D eigenvalue weighted by Gasteiger charge is -2.10. The number of carbonyl (C=O) groups excluding carboxylic acids is 3. The van der Waals surface area contributed by atoms with Crippen molar-refractivity contribution in [1.29, 1.82) is 0 Å². The molecule has 1 fully saturated rings. The fraction of sp³-hybridized carbons (Fsp3) is 0.571. The van der Waals surface area contributed by atoms with Gasteiger partial charge in [-0.05, 0) is 6.42 Å². The minimum absolute atomic E-state index is 0.136. The summed E-state index contributed by atoms with van der Waals surface area (Å²) < 4.78 is 0. The summed E-state index contributed by atoms with van der Waals surface area (Å²) in [5.41, 5.74) is 4.34. The first-order valence-corrected chi connectivity index (χ1v) is 3.95. The van der Waals surface area contributed by atoms with Gasteiger partial charge in [-0.25, -0.2) is 0 Å². The zero-order valence-corrected chi connectivity index (χ0v) is 7.22. The van der Waals surface area contributed by atoms with E-state index in [-0.39, 0.29) is 17.7 Å². The van der Waals surface area contributed by atoms with Crippen LogP contribution in [-0.2, 0) is 14.4 Å². The largest absolute Gasteiger partial charge is 0.344 e. The standard InChI is InChI=1S/C7H11N3O3/c1-4(11)9-10-7(13)5-2-3-6(12)8-5/h5H,2-3H2,1H3,(H,8,12)(H,9,11)(H,10,13). The molecule has 0 saturated carbocycles. The highest BCUT2D eigenvalue weighted by Gasteiger charge is 2.26. The van der Waals surface area contributed by atoms with Gasteiger partial charge in [0.05, 0.1) is 0 Å². The monoisotopic (exact) mass is 185 g/mol. The van der Waals surface area contributed by atoms with Crippen LogP contribution in [0.3, 0.4) is 0 Å². The van der Waals surface area contributed by atoms with Crippen LogP contribution in [0.5, 0.6) is 0 Å². The summed E-state index contributed by atoms with van der Waals surface area (Å²) in [5.74, 6) is -0.873. The van der Waals surface area contributed by atoms with Crippen LogP contribution in [0.15, 0.2) is 0 Å². The van der Waals surface area contributed by atoms with Crippen LogP contribution in [0.25, 0.3) is 0 Å². The van der Waals surface area contributed by atoms with Gasteiger partial charge >= 0.3 is 0 Å². The summed E-state index contributed by atoms with van der Waals surface area (Å²) in [6, 6.07) is -0.514. The predicted octanol–water partition coefficient (Wildman–Crippen LogP) is -1.57. The van der Waals surface area contributed by atoms with Crippen molar-refractivity contribution >= 4 is 17.7 Å². The molecular formula is C7H11N3O3. The SMILES string of the molecule is CC(=O)NNC(=O)C1CCC(=O)N1. The van der Waals surface area contributed by atoms with Gasteiger partial charge in [-0.2, -0.15) is 0 Å². The van der Waals surface area contributed by atoms with E-state index in [1.807, 2.05) is 0 Å². The van der Waals surface area contributed by atoms with Crippen molar-refractivity contribution in [2.75, 3.05) is 0 Å². The molecule has 6 heteroatoms. The highest BCUT2D eigenvalue weighted by atomic mass is 16.2. The first-order chi connectivity index (χ1) is 6.09. The third kappa shape index (κ3) is 2.73. The van der Waals surface area contributed by atoms with Gasteiger partial charge in [-0.3, -0.25) is 25.2 Å². The maximum absolute atomic E-state index is 11.2. The molecule has 0 aromatic heterocycles. The molecule has 1 heterocycles. The highest BCUT2D eigenvalue weighted by Crippen LogP contribution is 2.05. The summed E-state index contributed by atoms with van der Waals surface area (Å²) in [6.07, 6.45) is 0.836. The molecule has 3 N–H and O–H groups in total. The minimum atomic E-state index is -0.514. The summed E-state index contributed by atoms with van der Waals surface area (Å²) >= 11 is 0. The topological polar surface area (TPSA) is 87.3 Å². The Balaban J connectivity index is 2.31. The second-order valence-electron chi connectivity index (χ2n) is 2.83. The molecule has 1 aliphatic rings. The Kier molecular flexibility index (Phi) is 2.84. The Labute approximate surface area is 75.0 Å². The number of hydrogen-bond acceptors (Lipinski definition) is 3. The average molecular weight is 185 g/mol. The molecular weight excluding hydrogens is 174 g/mol. The van der Waals surface area contributed by atoms with Crippen LogP contribution in [0.2, 0.25) is 0 Å². The van der Waals surface area contributed by atoms with E-state index in [1.54, 1.807) is 0 Å². The minimum Gasteiger partial charge on any atom is -0.344 e. The third-order valence-electron chi connectivity index (χ3n) is 1.67. The van der Waals surface area contributed by atoms with Gasteiger partial charge in [0.1, 0.15) is 6.04 Å². The van der Waals surface area contributed by atoms with E-state index in [4.69, 9.17) is 0 Å². The Hall–Kier alpha value is -1.59. The van der Waals surface area contributed by atoms with Gasteiger partial charge in [0.15, 0.2) is 0 Å². The zero-order chi connectivity index (χ0) is 9.84. The maximum atomic E-state index is 11.2. The van der Waals surface area contributed by atoms with Gasteiger partial charge < -0.3 is 5.32 Å². The Morgan fingerprint density at radius 1 is 1.46 bits per heavy atom. The number of carbonyl (C=O) groups is 3. The van der Waals surface area contributed by atoms with Crippen LogP contribution < -0.4 is 16.2 Å². The molecule has 1 aliphatic heterocycles. The lowest BCUT2D eigenvalue weighted by atomic mass is 10.2. The maximum Gasteiger partial charge on any atom is 0.260 e. The second-order valence-corrected chi connectivity index (χ2v) is 2.83. The molecule has 72 valence electrons. The smallest absolute Gasteiger partial charge is 0.260 e. The summed E-state index contributed by atoms with van der Waals surface area (Å²) in [4.78, 5) is 32.3. The Morgan fingerprint density at radius 2 is 2.15 bits per heavy atom. The van der Waals surface area contributed by atoms with Crippen molar-refractivity contribution < 1.29 is 14.4 Å². The first-order valence-electron chi connectivity index (χ1n) is 3.95. The zero-order valence-electron chi connectivity index (χ0n) is 7.22. The molecule has 0 aromatic rings. The summed E-state index contributed by atoms with van der Waals surface area (Å²) in [5, 5.41) is 2.48. The van der Waals surface area contributed by atoms with E-state index in [9.17, 15) is 14.4 Å². The normalized spacial score (nSPS) is 20.7. The van der Waals surface area contributed by atoms with E-state index in [0.717, 1.165) is 0 Å². The Morgan fingerprint density at radius 3 is 2.62 bits per heavy atom. The molecule has 1 unspecified atom stereocenters. The van der Waals surface area contributed by atoms with Gasteiger partial charge in [0, 0.05) is 13.3 Å². The predicted molar refractivity (Wildman–Crippen MR) is 43.1 cm³/mol. The van der Waals surface area contributed by atoms with Crippen LogP contribution in [0.4, 0.5) is 0 Å². The second kappa shape index (κ2) is 3.88. The van der Waals surface area contributed by atoms with E-state index in [2.05, 4.69) is 16.2 Å². The fourth-order valence-electron chi connectivity index (χ4n) is 1.05. The number of hydrazine groups is 1. The lowest BCUT2D eigenvalue weighted by molar-refractivity contribution is -0.129. The van der Waals surface area contributed by atoms with Gasteiger partial charge in [0.2, 0.25) is 11.8 Å². The van der Waals surface area contributed by atoms with E-state index in [1.165, 1.54) is 6.92 Å². The molecule has 0 radical (unpaired) electrons. The van der Waals surface area contributed by atoms with E-state index in [0.29, 0.717) is 12.8 Å². The van der Waals surface area contributed by atoms with Gasteiger partial charge in [0.25, 0.3) is 5.91 Å². The van der Waals surface area contributed by atoms with Crippen LogP contribution in [0.1, 0.15) is 19.8 Å². The molecule has 1 rings (SSSR count). The molecule has 3 amide bonds. The van der Waals surface area contributed by atoms with Gasteiger partial charge in [-0.1, -0.05) is 0 Å². The van der Waals surface area contributed by atoms with Crippen LogP contribution in [-0.4, -0.2) is 23.8 Å². The molecule has 6 nitrogen and oxygen atoms in total. The van der Waals surface area contributed by atoms with Crippen molar-refractivity contribution in [3.63, 3.8) is 0 Å². The lowest BCUT2D eigenvalue weighted by Crippen LogP contribution is -2.48. The van der Waals surface area contributed by atoms with Crippen molar-refractivity contribution in [1.82, 2.24) is 16.2 Å². The number of amides is 3. The molecule has 13 heavy (non-hydrogen) atoms. The Bertz CT molecular complexity index is 251. The van der Waals surface area contributed by atoms with E-state index < -0.39 is 6.04 Å². The molecule has 0 spiro atoms. The molecule has 1 atom stereocenters. The number of hydrogen-bond donors (Lipinski definition) is 3. The average Bonchev–Trinajstić information content (AvgIpc) is 2.47. The van der Waals surface area contributed by atoms with Crippen LogP contribution >= 0.6 is 0 Å². The molecule has 0 aromatic carbocycles. The van der Waals surface area contributed by atoms with Crippen molar-refractivity contribution in [2.24, 2.45) is 0 Å². The van der Waals surface area contributed by atoms with Crippen molar-refractivity contribution in [3.8, 4) is 0 Å². The molecule has 0 aliphatic carbocycles. The third-order valence-corrected chi connectivity index (χ3v) is 1.67.